The van der Waals surface area contributed by atoms with E-state index in [4.69, 9.17) is 0 Å². The van der Waals surface area contributed by atoms with Crippen LogP contribution in [0.1, 0.15) is 19.3 Å². The molecule has 3 rings (SSSR count). The first kappa shape index (κ1) is 13.0. The van der Waals surface area contributed by atoms with Crippen molar-refractivity contribution in [1.29, 1.82) is 0 Å². The maximum atomic E-state index is 12.4. The van der Waals surface area contributed by atoms with Crippen molar-refractivity contribution in [2.45, 2.75) is 29.6 Å². The summed E-state index contributed by atoms with van der Waals surface area (Å²) in [5, 5.41) is 3.28. The highest BCUT2D eigenvalue weighted by Crippen LogP contribution is 2.26. The van der Waals surface area contributed by atoms with E-state index in [1.807, 2.05) is 24.3 Å². The number of nitrogens with one attached hydrogen (secondary N) is 1. The van der Waals surface area contributed by atoms with Crippen molar-refractivity contribution < 1.29 is 8.42 Å². The summed E-state index contributed by atoms with van der Waals surface area (Å²) < 4.78 is 25.9. The van der Waals surface area contributed by atoms with Crippen LogP contribution < -0.4 is 5.32 Å². The Bertz CT molecular complexity index is 640. The average Bonchev–Trinajstić information content (AvgIpc) is 2.84. The molecule has 0 bridgehead atoms. The molecule has 1 aliphatic heterocycles. The van der Waals surface area contributed by atoms with Gasteiger partial charge in [0.05, 0.1) is 16.0 Å². The average molecular weight is 296 g/mol. The van der Waals surface area contributed by atoms with Crippen LogP contribution in [0, 0.1) is 0 Å². The molecule has 0 amide bonds. The van der Waals surface area contributed by atoms with E-state index in [9.17, 15) is 8.42 Å². The van der Waals surface area contributed by atoms with Gasteiger partial charge in [-0.2, -0.15) is 0 Å². The van der Waals surface area contributed by atoms with Gasteiger partial charge in [0.15, 0.2) is 0 Å². The Hall–Kier alpha value is -0.980. The number of sulfone groups is 1. The van der Waals surface area contributed by atoms with Crippen LogP contribution in [0.15, 0.2) is 28.6 Å². The van der Waals surface area contributed by atoms with Crippen molar-refractivity contribution in [2.75, 3.05) is 12.3 Å². The molecule has 19 heavy (non-hydrogen) atoms. The van der Waals surface area contributed by atoms with Gasteiger partial charge in [-0.3, -0.25) is 0 Å². The van der Waals surface area contributed by atoms with Crippen molar-refractivity contribution in [2.24, 2.45) is 0 Å². The van der Waals surface area contributed by atoms with Crippen LogP contribution in [-0.2, 0) is 9.84 Å². The highest BCUT2D eigenvalue weighted by atomic mass is 32.2. The lowest BCUT2D eigenvalue weighted by Crippen LogP contribution is -2.39. The fourth-order valence-electron chi connectivity index (χ4n) is 2.39. The predicted molar refractivity (Wildman–Crippen MR) is 77.3 cm³/mol. The van der Waals surface area contributed by atoms with E-state index in [1.165, 1.54) is 11.3 Å². The van der Waals surface area contributed by atoms with E-state index in [0.717, 1.165) is 36.0 Å². The quantitative estimate of drug-likeness (QED) is 0.943. The van der Waals surface area contributed by atoms with Gasteiger partial charge in [-0.1, -0.05) is 18.6 Å². The highest BCUT2D eigenvalue weighted by molar-refractivity contribution is 7.93. The van der Waals surface area contributed by atoms with Gasteiger partial charge in [0.2, 0.25) is 14.2 Å². The lowest BCUT2D eigenvalue weighted by Gasteiger charge is -2.22. The molecule has 0 spiro atoms. The molecule has 1 saturated heterocycles. The molecule has 4 nitrogen and oxygen atoms in total. The van der Waals surface area contributed by atoms with Gasteiger partial charge in [-0.15, -0.1) is 11.3 Å². The van der Waals surface area contributed by atoms with Gasteiger partial charge < -0.3 is 5.32 Å². The molecule has 6 heteroatoms. The minimum Gasteiger partial charge on any atom is -0.313 e. The van der Waals surface area contributed by atoms with E-state index in [0.29, 0.717) is 0 Å². The number of rotatable bonds is 3. The van der Waals surface area contributed by atoms with Crippen molar-refractivity contribution in [1.82, 2.24) is 10.3 Å². The molecule has 1 atom stereocenters. The Morgan fingerprint density at radius 1 is 1.32 bits per heavy atom. The summed E-state index contributed by atoms with van der Waals surface area (Å²) in [5.41, 5.74) is 0.766. The third kappa shape index (κ3) is 2.80. The standard InChI is InChI=1S/C13H16N2O2S2/c16-19(17,9-10-5-3-4-8-14-10)13-15-11-6-1-2-7-12(11)18-13/h1-2,6-7,10,14H,3-5,8-9H2/t10-/m0/s1. The Morgan fingerprint density at radius 2 is 2.16 bits per heavy atom. The molecule has 2 heterocycles. The van der Waals surface area contributed by atoms with E-state index in [2.05, 4.69) is 10.3 Å². The summed E-state index contributed by atoms with van der Waals surface area (Å²) in [6.45, 7) is 0.917. The second-order valence-corrected chi connectivity index (χ2v) is 8.11. The maximum Gasteiger partial charge on any atom is 0.210 e. The molecule has 0 aliphatic carbocycles. The molecular formula is C13H16N2O2S2. The van der Waals surface area contributed by atoms with Crippen molar-refractivity contribution in [3.05, 3.63) is 24.3 Å². The summed E-state index contributed by atoms with van der Waals surface area (Å²) in [6, 6.07) is 7.61. The molecule has 1 aromatic heterocycles. The first-order valence-electron chi connectivity index (χ1n) is 6.47. The molecule has 1 N–H and O–H groups in total. The normalized spacial score (nSPS) is 20.7. The highest BCUT2D eigenvalue weighted by Gasteiger charge is 2.25. The maximum absolute atomic E-state index is 12.4. The predicted octanol–water partition coefficient (Wildman–Crippen LogP) is 2.21. The minimum atomic E-state index is -3.28. The Morgan fingerprint density at radius 3 is 2.89 bits per heavy atom. The first-order valence-corrected chi connectivity index (χ1v) is 8.94. The molecule has 1 aromatic carbocycles. The van der Waals surface area contributed by atoms with Crippen LogP contribution >= 0.6 is 11.3 Å². The lowest BCUT2D eigenvalue weighted by molar-refractivity contribution is 0.423. The van der Waals surface area contributed by atoms with Crippen LogP contribution in [0.5, 0.6) is 0 Å². The number of para-hydroxylation sites is 1. The second-order valence-electron chi connectivity index (χ2n) is 4.88. The zero-order chi connectivity index (χ0) is 13.3. The number of thiazole rings is 1. The molecule has 0 saturated carbocycles. The largest absolute Gasteiger partial charge is 0.313 e. The van der Waals surface area contributed by atoms with Crippen molar-refractivity contribution in [3.8, 4) is 0 Å². The van der Waals surface area contributed by atoms with Crippen LogP contribution in [0.4, 0.5) is 0 Å². The fraction of sp³-hybridized carbons (Fsp3) is 0.462. The first-order chi connectivity index (χ1) is 9.15. The number of hydrogen-bond acceptors (Lipinski definition) is 5. The van der Waals surface area contributed by atoms with Crippen LogP contribution in [-0.4, -0.2) is 31.7 Å². The SMILES string of the molecule is O=S(=O)(C[C@@H]1CCCCN1)c1nc2ccccc2s1. The second kappa shape index (κ2) is 5.19. The number of nitrogens with zero attached hydrogens (tertiary/aromatic N) is 1. The topological polar surface area (TPSA) is 59.1 Å². The molecule has 1 aliphatic rings. The molecule has 0 radical (unpaired) electrons. The van der Waals surface area contributed by atoms with Crippen molar-refractivity contribution in [3.63, 3.8) is 0 Å². The Kier molecular flexibility index (Phi) is 3.56. The molecule has 1 fully saturated rings. The zero-order valence-electron chi connectivity index (χ0n) is 10.5. The van der Waals surface area contributed by atoms with Crippen LogP contribution in [0.2, 0.25) is 0 Å². The molecule has 2 aromatic rings. The summed E-state index contributed by atoms with van der Waals surface area (Å²) in [5.74, 6) is 0.160. The third-order valence-corrected chi connectivity index (χ3v) is 6.68. The summed E-state index contributed by atoms with van der Waals surface area (Å²) in [6.07, 6.45) is 3.18. The molecule has 102 valence electrons. The van der Waals surface area contributed by atoms with Crippen molar-refractivity contribution >= 4 is 31.4 Å². The zero-order valence-corrected chi connectivity index (χ0v) is 12.1. The number of aromatic nitrogens is 1. The van der Waals surface area contributed by atoms with Crippen LogP contribution in [0.3, 0.4) is 0 Å². The van der Waals surface area contributed by atoms with Gasteiger partial charge in [0, 0.05) is 6.04 Å². The van der Waals surface area contributed by atoms with Gasteiger partial charge in [-0.05, 0) is 31.5 Å². The van der Waals surface area contributed by atoms with Crippen LogP contribution in [0.25, 0.3) is 10.2 Å². The molecular weight excluding hydrogens is 280 g/mol. The summed E-state index contributed by atoms with van der Waals surface area (Å²) in [7, 11) is -3.28. The Labute approximate surface area is 116 Å². The van der Waals surface area contributed by atoms with Gasteiger partial charge >= 0.3 is 0 Å². The molecule has 0 unspecified atom stereocenters. The summed E-state index contributed by atoms with van der Waals surface area (Å²) >= 11 is 1.27. The fourth-order valence-corrected chi connectivity index (χ4v) is 5.26. The van der Waals surface area contributed by atoms with Gasteiger partial charge in [0.1, 0.15) is 0 Å². The summed E-state index contributed by atoms with van der Waals surface area (Å²) in [4.78, 5) is 4.25. The minimum absolute atomic E-state index is 0.0748. The van der Waals surface area contributed by atoms with E-state index >= 15 is 0 Å². The van der Waals surface area contributed by atoms with Gasteiger partial charge in [0.25, 0.3) is 0 Å². The van der Waals surface area contributed by atoms with E-state index in [-0.39, 0.29) is 16.1 Å². The smallest absolute Gasteiger partial charge is 0.210 e. The lowest BCUT2D eigenvalue weighted by atomic mass is 10.1. The van der Waals surface area contributed by atoms with Gasteiger partial charge in [-0.25, -0.2) is 13.4 Å². The number of piperidine rings is 1. The Balaban J connectivity index is 1.86. The van der Waals surface area contributed by atoms with E-state index in [1.54, 1.807) is 0 Å². The number of fused-ring (bicyclic) bond motifs is 1. The third-order valence-electron chi connectivity index (χ3n) is 3.37. The number of hydrogen-bond donors (Lipinski definition) is 1. The number of benzene rings is 1. The monoisotopic (exact) mass is 296 g/mol. The van der Waals surface area contributed by atoms with E-state index < -0.39 is 9.84 Å².